The first-order chi connectivity index (χ1) is 40.7. The molecule has 12 aromatic rings. The molecule has 83 heavy (non-hydrogen) atoms. The molecular formula is C79H62N4. The summed E-state index contributed by atoms with van der Waals surface area (Å²) in [4.78, 5) is 9.64. The Morgan fingerprint density at radius 1 is 0.205 bits per heavy atom. The first kappa shape index (κ1) is 49.8. The van der Waals surface area contributed by atoms with Crippen LogP contribution in [0.4, 0.5) is 68.2 Å². The zero-order valence-electron chi connectivity index (χ0n) is 47.2. The van der Waals surface area contributed by atoms with Gasteiger partial charge in [0, 0.05) is 79.1 Å². The molecule has 0 bridgehead atoms. The predicted molar refractivity (Wildman–Crippen MR) is 349 cm³/mol. The zero-order valence-corrected chi connectivity index (χ0v) is 47.2. The number of hydrogen-bond donors (Lipinski definition) is 0. The van der Waals surface area contributed by atoms with E-state index in [1.807, 2.05) is 0 Å². The fourth-order valence-corrected chi connectivity index (χ4v) is 13.7. The van der Waals surface area contributed by atoms with Crippen molar-refractivity contribution in [2.45, 2.75) is 44.9 Å². The Hall–Kier alpha value is -10.2. The van der Waals surface area contributed by atoms with E-state index in [-0.39, 0.29) is 10.8 Å². The molecule has 0 saturated carbocycles. The summed E-state index contributed by atoms with van der Waals surface area (Å²) in [6.07, 6.45) is 0.841. The number of rotatable bonds is 12. The Morgan fingerprint density at radius 3 is 0.627 bits per heavy atom. The largest absolute Gasteiger partial charge is 0.310 e. The van der Waals surface area contributed by atoms with Gasteiger partial charge in [-0.15, -0.1) is 0 Å². The fraction of sp³-hybridized carbons (Fsp3) is 0.0886. The molecule has 398 valence electrons. The van der Waals surface area contributed by atoms with Crippen molar-refractivity contribution in [2.24, 2.45) is 0 Å². The lowest BCUT2D eigenvalue weighted by molar-refractivity contribution is 0.660. The minimum absolute atomic E-state index is 0.293. The number of nitrogens with zero attached hydrogens (tertiary/aromatic N) is 4. The molecule has 0 fully saturated rings. The van der Waals surface area contributed by atoms with E-state index in [1.165, 1.54) is 66.8 Å². The van der Waals surface area contributed by atoms with Crippen molar-refractivity contribution in [3.63, 3.8) is 0 Å². The van der Waals surface area contributed by atoms with Gasteiger partial charge in [0.2, 0.25) is 0 Å². The Balaban J connectivity index is 0.837. The van der Waals surface area contributed by atoms with Crippen molar-refractivity contribution in [1.29, 1.82) is 0 Å². The smallest absolute Gasteiger partial charge is 0.0465 e. The molecule has 4 heteroatoms. The van der Waals surface area contributed by atoms with Crippen LogP contribution in [0.3, 0.4) is 0 Å². The fourth-order valence-electron chi connectivity index (χ4n) is 13.7. The highest BCUT2D eigenvalue weighted by molar-refractivity contribution is 5.93. The SMILES string of the molecule is CC1(C)c2cc(N(c3ccccc3)c3ccccc3)ccc2-c2ccc(N(c3ccc4c(c3)Cc3cc(N(c5ccccc5)c5ccccc5)ccc3-4)c3ccc4c(c3)C(C)(C)c3cc(N(c5ccccc5)c5ccccc5)ccc3-4)cc21. The van der Waals surface area contributed by atoms with E-state index in [2.05, 4.69) is 338 Å². The van der Waals surface area contributed by atoms with E-state index in [0.717, 1.165) is 74.7 Å². The summed E-state index contributed by atoms with van der Waals surface area (Å²) in [6, 6.07) is 107. The van der Waals surface area contributed by atoms with Gasteiger partial charge in [0.25, 0.3) is 0 Å². The average Bonchev–Trinajstić information content (AvgIpc) is 2.33. The highest BCUT2D eigenvalue weighted by Crippen LogP contribution is 2.56. The first-order valence-corrected chi connectivity index (χ1v) is 29.0. The number of anilines is 12. The molecule has 0 unspecified atom stereocenters. The Kier molecular flexibility index (Phi) is 11.9. The van der Waals surface area contributed by atoms with E-state index < -0.39 is 0 Å². The first-order valence-electron chi connectivity index (χ1n) is 29.0. The second-order valence-electron chi connectivity index (χ2n) is 23.4. The minimum atomic E-state index is -0.293. The van der Waals surface area contributed by atoms with Crippen LogP contribution in [-0.4, -0.2) is 0 Å². The summed E-state index contributed by atoms with van der Waals surface area (Å²) in [5.74, 6) is 0. The second-order valence-corrected chi connectivity index (χ2v) is 23.4. The van der Waals surface area contributed by atoms with Crippen LogP contribution in [0.2, 0.25) is 0 Å². The summed E-state index contributed by atoms with van der Waals surface area (Å²) in [5, 5.41) is 0. The van der Waals surface area contributed by atoms with Crippen LogP contribution in [-0.2, 0) is 17.3 Å². The monoisotopic (exact) mass is 1070 g/mol. The molecule has 12 aromatic carbocycles. The third-order valence-electron chi connectivity index (χ3n) is 17.8. The minimum Gasteiger partial charge on any atom is -0.310 e. The van der Waals surface area contributed by atoms with Crippen molar-refractivity contribution >= 4 is 68.2 Å². The quantitative estimate of drug-likeness (QED) is 0.121. The van der Waals surface area contributed by atoms with Crippen LogP contribution in [0.5, 0.6) is 0 Å². The molecule has 0 heterocycles. The van der Waals surface area contributed by atoms with E-state index in [0.29, 0.717) is 0 Å². The van der Waals surface area contributed by atoms with Crippen LogP contribution in [0.25, 0.3) is 33.4 Å². The molecule has 0 spiro atoms. The lowest BCUT2D eigenvalue weighted by atomic mass is 9.81. The summed E-state index contributed by atoms with van der Waals surface area (Å²) >= 11 is 0. The highest BCUT2D eigenvalue weighted by atomic mass is 15.2. The van der Waals surface area contributed by atoms with Crippen LogP contribution < -0.4 is 19.6 Å². The van der Waals surface area contributed by atoms with Crippen molar-refractivity contribution in [3.05, 3.63) is 325 Å². The summed E-state index contributed by atoms with van der Waals surface area (Å²) < 4.78 is 0. The second kappa shape index (κ2) is 19.8. The van der Waals surface area contributed by atoms with Crippen LogP contribution in [0.1, 0.15) is 61.1 Å². The molecule has 3 aliphatic rings. The Labute approximate surface area is 488 Å². The molecule has 4 nitrogen and oxygen atoms in total. The summed E-state index contributed by atoms with van der Waals surface area (Å²) in [5.41, 5.74) is 28.8. The molecule has 0 aliphatic heterocycles. The third kappa shape index (κ3) is 8.43. The maximum absolute atomic E-state index is 2.52. The van der Waals surface area contributed by atoms with Crippen molar-refractivity contribution in [2.75, 3.05) is 19.6 Å². The van der Waals surface area contributed by atoms with Gasteiger partial charge in [-0.2, -0.15) is 0 Å². The molecule has 0 saturated heterocycles. The summed E-state index contributed by atoms with van der Waals surface area (Å²) in [7, 11) is 0. The number of benzene rings is 12. The topological polar surface area (TPSA) is 13.0 Å². The third-order valence-corrected chi connectivity index (χ3v) is 17.8. The van der Waals surface area contributed by atoms with E-state index in [1.54, 1.807) is 0 Å². The van der Waals surface area contributed by atoms with Crippen molar-refractivity contribution in [3.8, 4) is 33.4 Å². The van der Waals surface area contributed by atoms with Crippen LogP contribution in [0.15, 0.2) is 291 Å². The number of fused-ring (bicyclic) bond motifs is 9. The molecule has 0 amide bonds. The molecule has 0 radical (unpaired) electrons. The molecular weight excluding hydrogens is 1000 g/mol. The van der Waals surface area contributed by atoms with Gasteiger partial charge in [-0.05, 0) is 219 Å². The number of hydrogen-bond acceptors (Lipinski definition) is 4. The zero-order chi connectivity index (χ0) is 55.8. The lowest BCUT2D eigenvalue weighted by Crippen LogP contribution is -2.18. The normalized spacial score (nSPS) is 13.4. The predicted octanol–water partition coefficient (Wildman–Crippen LogP) is 21.7. The van der Waals surface area contributed by atoms with Gasteiger partial charge < -0.3 is 19.6 Å². The van der Waals surface area contributed by atoms with Gasteiger partial charge in [0.05, 0.1) is 0 Å². The van der Waals surface area contributed by atoms with Crippen molar-refractivity contribution in [1.82, 2.24) is 0 Å². The van der Waals surface area contributed by atoms with Gasteiger partial charge in [0.1, 0.15) is 0 Å². The Morgan fingerprint density at radius 2 is 0.398 bits per heavy atom. The van der Waals surface area contributed by atoms with Gasteiger partial charge in [-0.3, -0.25) is 0 Å². The van der Waals surface area contributed by atoms with E-state index in [4.69, 9.17) is 0 Å². The maximum Gasteiger partial charge on any atom is 0.0465 e. The van der Waals surface area contributed by atoms with Gasteiger partial charge in [0.15, 0.2) is 0 Å². The van der Waals surface area contributed by atoms with Gasteiger partial charge in [-0.1, -0.05) is 173 Å². The van der Waals surface area contributed by atoms with Gasteiger partial charge in [-0.25, -0.2) is 0 Å². The molecule has 15 rings (SSSR count). The standard InChI is InChI=1S/C79H62N4/c1-78(2)74-50-64(81(58-27-15-7-16-28-58)59-29-17-8-18-30-59)37-43-70(74)72-45-39-66(52-76(72)78)83(63-36-42-69-55(49-63)47-54-48-62(35-41-68(54)69)80(56-23-11-5-12-24-56)57-25-13-6-14-26-57)67-40-46-73-71-44-38-65(51-75(71)79(3,4)77(73)53-67)82(60-31-19-9-20-32-60)61-33-21-10-22-34-61/h5-46,48-53H,47H2,1-4H3. The average molecular weight is 1070 g/mol. The van der Waals surface area contributed by atoms with Crippen LogP contribution >= 0.6 is 0 Å². The van der Waals surface area contributed by atoms with E-state index >= 15 is 0 Å². The number of para-hydroxylation sites is 6. The Bertz CT molecular complexity index is 4090. The highest BCUT2D eigenvalue weighted by Gasteiger charge is 2.39. The molecule has 0 atom stereocenters. The molecule has 0 aromatic heterocycles. The van der Waals surface area contributed by atoms with Gasteiger partial charge >= 0.3 is 0 Å². The maximum atomic E-state index is 2.52. The summed E-state index contributed by atoms with van der Waals surface area (Å²) in [6.45, 7) is 9.62. The van der Waals surface area contributed by atoms with Crippen molar-refractivity contribution < 1.29 is 0 Å². The molecule has 3 aliphatic carbocycles. The molecule has 0 N–H and O–H groups in total. The lowest BCUT2D eigenvalue weighted by Gasteiger charge is -2.30. The van der Waals surface area contributed by atoms with E-state index in [9.17, 15) is 0 Å². The van der Waals surface area contributed by atoms with Crippen LogP contribution in [0, 0.1) is 0 Å².